The van der Waals surface area contributed by atoms with Crippen molar-refractivity contribution in [1.82, 2.24) is 0 Å². The number of ether oxygens (including phenoxy) is 2. The monoisotopic (exact) mass is 450 g/mol. The van der Waals surface area contributed by atoms with Crippen molar-refractivity contribution >= 4 is 35.3 Å². The second-order valence-electron chi connectivity index (χ2n) is 6.69. The Labute approximate surface area is 188 Å². The number of Topliss-reactive ketones (excluding diaryl/α,β-unsaturated/α-hetero) is 1. The maximum atomic E-state index is 12.6. The summed E-state index contributed by atoms with van der Waals surface area (Å²) < 4.78 is 10.5. The van der Waals surface area contributed by atoms with Gasteiger partial charge >= 0.3 is 5.97 Å². The van der Waals surface area contributed by atoms with Gasteiger partial charge in [-0.1, -0.05) is 36.0 Å². The minimum atomic E-state index is -0.895. The molecule has 0 bridgehead atoms. The van der Waals surface area contributed by atoms with Crippen LogP contribution in [0.25, 0.3) is 6.08 Å². The second kappa shape index (κ2) is 10.4. The molecular formula is C23H18N2O6S. The van der Waals surface area contributed by atoms with E-state index in [0.717, 1.165) is 11.8 Å². The highest BCUT2D eigenvalue weighted by Crippen LogP contribution is 2.40. The minimum Gasteiger partial charge on any atom is -0.497 e. The third-order valence-electron chi connectivity index (χ3n) is 4.57. The maximum absolute atomic E-state index is 12.6. The van der Waals surface area contributed by atoms with E-state index in [0.29, 0.717) is 24.2 Å². The van der Waals surface area contributed by atoms with Crippen molar-refractivity contribution in [1.29, 1.82) is 5.26 Å². The molecule has 3 rings (SSSR count). The lowest BCUT2D eigenvalue weighted by Gasteiger charge is -2.18. The number of thioether (sulfide) groups is 1. The van der Waals surface area contributed by atoms with Gasteiger partial charge < -0.3 is 9.47 Å². The van der Waals surface area contributed by atoms with Gasteiger partial charge in [0.15, 0.2) is 5.78 Å². The van der Waals surface area contributed by atoms with Gasteiger partial charge in [0.25, 0.3) is 5.69 Å². The summed E-state index contributed by atoms with van der Waals surface area (Å²) in [6, 6.07) is 14.6. The molecule has 0 radical (unpaired) electrons. The van der Waals surface area contributed by atoms with Crippen LogP contribution in [0.15, 0.2) is 69.7 Å². The third kappa shape index (κ3) is 5.42. The first-order chi connectivity index (χ1) is 15.4. The molecule has 0 aliphatic heterocycles. The van der Waals surface area contributed by atoms with Gasteiger partial charge in [-0.25, -0.2) is 4.79 Å². The summed E-state index contributed by atoms with van der Waals surface area (Å²) in [4.78, 5) is 36.4. The summed E-state index contributed by atoms with van der Waals surface area (Å²) in [7, 11) is 1.53. The van der Waals surface area contributed by atoms with Crippen molar-refractivity contribution in [3.8, 4) is 11.8 Å². The molecule has 0 unspecified atom stereocenters. The molecule has 1 aliphatic carbocycles. The van der Waals surface area contributed by atoms with Crippen molar-refractivity contribution in [3.05, 3.63) is 80.4 Å². The molecule has 1 aliphatic rings. The van der Waals surface area contributed by atoms with Crippen LogP contribution in [-0.4, -0.2) is 23.8 Å². The molecular weight excluding hydrogens is 432 g/mol. The largest absolute Gasteiger partial charge is 0.497 e. The van der Waals surface area contributed by atoms with E-state index in [1.165, 1.54) is 31.4 Å². The molecule has 32 heavy (non-hydrogen) atoms. The van der Waals surface area contributed by atoms with Crippen LogP contribution in [0.1, 0.15) is 24.8 Å². The van der Waals surface area contributed by atoms with Gasteiger partial charge in [-0.05, 0) is 36.3 Å². The number of hydrogen-bond acceptors (Lipinski definition) is 8. The Morgan fingerprint density at radius 1 is 1.19 bits per heavy atom. The molecule has 0 fully saturated rings. The number of rotatable bonds is 7. The average Bonchev–Trinajstić information content (AvgIpc) is 2.80. The van der Waals surface area contributed by atoms with E-state index in [2.05, 4.69) is 0 Å². The molecule has 0 aromatic heterocycles. The van der Waals surface area contributed by atoms with Gasteiger partial charge in [-0.3, -0.25) is 14.9 Å². The van der Waals surface area contributed by atoms with Crippen molar-refractivity contribution < 1.29 is 24.0 Å². The van der Waals surface area contributed by atoms with Crippen molar-refractivity contribution in [2.75, 3.05) is 7.11 Å². The lowest BCUT2D eigenvalue weighted by atomic mass is 10.0. The Hall–Kier alpha value is -3.90. The zero-order valence-corrected chi connectivity index (χ0v) is 17.9. The van der Waals surface area contributed by atoms with Crippen LogP contribution in [0.2, 0.25) is 0 Å². The van der Waals surface area contributed by atoms with Gasteiger partial charge in [0.1, 0.15) is 23.2 Å². The summed E-state index contributed by atoms with van der Waals surface area (Å²) in [5.74, 6) is -0.412. The molecule has 0 spiro atoms. The molecule has 0 heterocycles. The SMILES string of the molecule is COc1ccc(/C=C(\C#N)C(=O)OC2=C(Sc3ccccc3[N+](=O)[O-])C(=O)CCC2)cc1. The van der Waals surface area contributed by atoms with Crippen LogP contribution in [0.3, 0.4) is 0 Å². The molecule has 0 amide bonds. The highest BCUT2D eigenvalue weighted by molar-refractivity contribution is 8.04. The predicted octanol–water partition coefficient (Wildman–Crippen LogP) is 4.81. The van der Waals surface area contributed by atoms with E-state index in [4.69, 9.17) is 9.47 Å². The summed E-state index contributed by atoms with van der Waals surface area (Å²) in [6.45, 7) is 0. The first kappa shape index (κ1) is 22.8. The lowest BCUT2D eigenvalue weighted by Crippen LogP contribution is -2.15. The Kier molecular flexibility index (Phi) is 7.41. The van der Waals surface area contributed by atoms with Crippen LogP contribution in [0.4, 0.5) is 5.69 Å². The molecule has 0 atom stereocenters. The van der Waals surface area contributed by atoms with E-state index < -0.39 is 10.9 Å². The zero-order chi connectivity index (χ0) is 23.1. The van der Waals surface area contributed by atoms with Gasteiger partial charge in [-0.15, -0.1) is 0 Å². The Balaban J connectivity index is 1.88. The first-order valence-electron chi connectivity index (χ1n) is 9.58. The van der Waals surface area contributed by atoms with Gasteiger partial charge in [0.05, 0.1) is 21.8 Å². The lowest BCUT2D eigenvalue weighted by molar-refractivity contribution is -0.387. The Morgan fingerprint density at radius 2 is 1.91 bits per heavy atom. The third-order valence-corrected chi connectivity index (χ3v) is 5.80. The van der Waals surface area contributed by atoms with Crippen LogP contribution in [-0.2, 0) is 14.3 Å². The fourth-order valence-electron chi connectivity index (χ4n) is 2.98. The van der Waals surface area contributed by atoms with Crippen LogP contribution in [0, 0.1) is 21.4 Å². The van der Waals surface area contributed by atoms with Crippen molar-refractivity contribution in [2.24, 2.45) is 0 Å². The number of carbonyl (C=O) groups excluding carboxylic acids is 2. The number of benzene rings is 2. The van der Waals surface area contributed by atoms with E-state index in [9.17, 15) is 25.0 Å². The first-order valence-corrected chi connectivity index (χ1v) is 10.4. The van der Waals surface area contributed by atoms with Crippen molar-refractivity contribution in [2.45, 2.75) is 24.2 Å². The van der Waals surface area contributed by atoms with Crippen molar-refractivity contribution in [3.63, 3.8) is 0 Å². The summed E-state index contributed by atoms with van der Waals surface area (Å²) in [5, 5.41) is 20.7. The molecule has 0 saturated carbocycles. The molecule has 2 aromatic rings. The number of nitrogens with zero attached hydrogens (tertiary/aromatic N) is 2. The van der Waals surface area contributed by atoms with Gasteiger partial charge in [0, 0.05) is 18.9 Å². The van der Waals surface area contributed by atoms with Crippen LogP contribution < -0.4 is 4.74 Å². The van der Waals surface area contributed by atoms with E-state index >= 15 is 0 Å². The number of esters is 1. The Bertz CT molecular complexity index is 1160. The second-order valence-corrected chi connectivity index (χ2v) is 7.74. The highest BCUT2D eigenvalue weighted by Gasteiger charge is 2.28. The number of allylic oxidation sites excluding steroid dienone is 2. The molecule has 162 valence electrons. The minimum absolute atomic E-state index is 0.116. The molecule has 0 saturated heterocycles. The quantitative estimate of drug-likeness (QED) is 0.194. The maximum Gasteiger partial charge on any atom is 0.354 e. The molecule has 0 N–H and O–H groups in total. The standard InChI is InChI=1S/C23H18N2O6S/c1-30-17-11-9-15(10-12-17)13-16(14-24)23(27)31-20-7-4-6-19(26)22(20)32-21-8-3-2-5-18(21)25(28)29/h2-3,5,8-13H,4,6-7H2,1H3/b16-13+. The normalized spacial score (nSPS) is 14.0. The summed E-state index contributed by atoms with van der Waals surface area (Å²) in [6.07, 6.45) is 2.41. The van der Waals surface area contributed by atoms with Gasteiger partial charge in [-0.2, -0.15) is 5.26 Å². The van der Waals surface area contributed by atoms with E-state index in [1.54, 1.807) is 30.3 Å². The topological polar surface area (TPSA) is 120 Å². The van der Waals surface area contributed by atoms with Gasteiger partial charge in [0.2, 0.25) is 0 Å². The number of methoxy groups -OCH3 is 1. The summed E-state index contributed by atoms with van der Waals surface area (Å²) >= 11 is 0.900. The smallest absolute Gasteiger partial charge is 0.354 e. The predicted molar refractivity (Wildman–Crippen MR) is 118 cm³/mol. The van der Waals surface area contributed by atoms with E-state index in [-0.39, 0.29) is 39.0 Å². The Morgan fingerprint density at radius 3 is 2.56 bits per heavy atom. The number of hydrogen-bond donors (Lipinski definition) is 0. The van der Waals surface area contributed by atoms with Crippen LogP contribution in [0.5, 0.6) is 5.75 Å². The average molecular weight is 450 g/mol. The number of nitro groups is 1. The number of para-hydroxylation sites is 1. The summed E-state index contributed by atoms with van der Waals surface area (Å²) in [5.41, 5.74) is 0.212. The molecule has 9 heteroatoms. The van der Waals surface area contributed by atoms with Crippen LogP contribution >= 0.6 is 11.8 Å². The van der Waals surface area contributed by atoms with E-state index in [1.807, 2.05) is 6.07 Å². The highest BCUT2D eigenvalue weighted by atomic mass is 32.2. The molecule has 8 nitrogen and oxygen atoms in total. The number of nitro benzene ring substituents is 1. The number of ketones is 1. The fourth-order valence-corrected chi connectivity index (χ4v) is 4.07. The number of carbonyl (C=O) groups is 2. The molecule has 2 aromatic carbocycles. The number of nitriles is 1. The zero-order valence-electron chi connectivity index (χ0n) is 17.1. The fraction of sp³-hybridized carbons (Fsp3) is 0.174.